The zero-order chi connectivity index (χ0) is 22.3. The molecule has 1 spiro atoms. The fourth-order valence-corrected chi connectivity index (χ4v) is 8.63. The van der Waals surface area contributed by atoms with Gasteiger partial charge in [-0.1, -0.05) is 30.3 Å². The molecule has 170 valence electrons. The summed E-state index contributed by atoms with van der Waals surface area (Å²) in [5.41, 5.74) is 2.74. The van der Waals surface area contributed by atoms with E-state index in [0.29, 0.717) is 17.7 Å². The number of phenolic OH excluding ortho intramolecular Hbond substituents is 1. The van der Waals surface area contributed by atoms with Crippen molar-refractivity contribution in [2.45, 2.75) is 55.0 Å². The average Bonchev–Trinajstić information content (AvgIpc) is 3.11. The van der Waals surface area contributed by atoms with E-state index >= 15 is 0 Å². The lowest BCUT2D eigenvalue weighted by Crippen LogP contribution is -2.68. The van der Waals surface area contributed by atoms with E-state index in [1.54, 1.807) is 17.4 Å². The summed E-state index contributed by atoms with van der Waals surface area (Å²) in [5, 5.41) is 10.7. The molecule has 2 heterocycles. The Labute approximate surface area is 189 Å². The number of hydrogen-bond acceptors (Lipinski definition) is 5. The number of likely N-dealkylation sites (N-methyl/N-ethyl adjacent to an activating group) is 2. The van der Waals surface area contributed by atoms with Gasteiger partial charge in [0.2, 0.25) is 10.0 Å². The number of phenols is 1. The van der Waals surface area contributed by atoms with Crippen LogP contribution in [-0.4, -0.2) is 61.6 Å². The quantitative estimate of drug-likeness (QED) is 0.769. The molecule has 4 aliphatic rings. The van der Waals surface area contributed by atoms with Crippen LogP contribution in [0.4, 0.5) is 0 Å². The van der Waals surface area contributed by atoms with Crippen LogP contribution in [0.25, 0.3) is 0 Å². The molecule has 2 bridgehead atoms. The van der Waals surface area contributed by atoms with Crippen LogP contribution in [0.3, 0.4) is 0 Å². The predicted molar refractivity (Wildman–Crippen MR) is 122 cm³/mol. The first-order valence-corrected chi connectivity index (χ1v) is 13.2. The van der Waals surface area contributed by atoms with E-state index in [2.05, 4.69) is 11.9 Å². The molecule has 2 fully saturated rings. The lowest BCUT2D eigenvalue weighted by molar-refractivity contribution is -0.0675. The van der Waals surface area contributed by atoms with Crippen molar-refractivity contribution in [2.75, 3.05) is 20.6 Å². The Morgan fingerprint density at radius 2 is 1.97 bits per heavy atom. The van der Waals surface area contributed by atoms with Gasteiger partial charge in [-0.3, -0.25) is 0 Å². The van der Waals surface area contributed by atoms with Crippen molar-refractivity contribution >= 4 is 10.0 Å². The summed E-state index contributed by atoms with van der Waals surface area (Å²) in [7, 11) is 0.395. The molecule has 32 heavy (non-hydrogen) atoms. The third kappa shape index (κ3) is 2.68. The summed E-state index contributed by atoms with van der Waals surface area (Å²) >= 11 is 0. The molecule has 1 saturated carbocycles. The zero-order valence-corrected chi connectivity index (χ0v) is 19.4. The normalized spacial score (nSPS) is 33.1. The highest BCUT2D eigenvalue weighted by atomic mass is 32.2. The Bertz CT molecular complexity index is 1170. The fraction of sp³-hybridized carbons (Fsp3) is 0.520. The van der Waals surface area contributed by atoms with Gasteiger partial charge in [-0.05, 0) is 62.9 Å². The monoisotopic (exact) mass is 454 g/mol. The molecule has 0 radical (unpaired) electrons. The Balaban J connectivity index is 1.41. The minimum Gasteiger partial charge on any atom is -0.508 e. The van der Waals surface area contributed by atoms with Crippen LogP contribution in [0.5, 0.6) is 11.5 Å². The Morgan fingerprint density at radius 1 is 1.19 bits per heavy atom. The number of ether oxygens (including phenoxy) is 1. The van der Waals surface area contributed by atoms with E-state index in [1.807, 2.05) is 36.4 Å². The summed E-state index contributed by atoms with van der Waals surface area (Å²) in [5.74, 6) is 1.60. The zero-order valence-electron chi connectivity index (χ0n) is 18.6. The van der Waals surface area contributed by atoms with Crippen LogP contribution < -0.4 is 4.74 Å². The second kappa shape index (κ2) is 6.95. The topological polar surface area (TPSA) is 70.1 Å². The molecular formula is C25H30N2O4S. The minimum absolute atomic E-state index is 0.00562. The molecule has 1 saturated heterocycles. The lowest BCUT2D eigenvalue weighted by atomic mass is 9.51. The Hall–Kier alpha value is -2.09. The summed E-state index contributed by atoms with van der Waals surface area (Å²) in [6.07, 6.45) is 3.31. The van der Waals surface area contributed by atoms with Gasteiger partial charge in [0.05, 0.1) is 11.8 Å². The van der Waals surface area contributed by atoms with Crippen LogP contribution in [-0.2, 0) is 27.6 Å². The molecule has 2 aliphatic carbocycles. The molecule has 2 aromatic carbocycles. The summed E-state index contributed by atoms with van der Waals surface area (Å²) in [6.45, 7) is 0.961. The number of sulfonamides is 1. The van der Waals surface area contributed by atoms with Gasteiger partial charge in [-0.2, -0.15) is 4.31 Å². The van der Waals surface area contributed by atoms with Gasteiger partial charge in [-0.25, -0.2) is 8.42 Å². The lowest BCUT2D eigenvalue weighted by Gasteiger charge is -2.59. The average molecular weight is 455 g/mol. The number of benzene rings is 2. The van der Waals surface area contributed by atoms with Crippen molar-refractivity contribution in [1.82, 2.24) is 9.21 Å². The fourth-order valence-electron chi connectivity index (χ4n) is 7.19. The smallest absolute Gasteiger partial charge is 0.218 e. The van der Waals surface area contributed by atoms with Crippen LogP contribution in [0.2, 0.25) is 0 Å². The molecule has 2 aromatic rings. The van der Waals surface area contributed by atoms with Crippen LogP contribution in [0.15, 0.2) is 42.5 Å². The maximum Gasteiger partial charge on any atom is 0.218 e. The third-order valence-electron chi connectivity index (χ3n) is 8.68. The molecule has 0 aromatic heterocycles. The van der Waals surface area contributed by atoms with Gasteiger partial charge in [0.1, 0.15) is 17.6 Å². The van der Waals surface area contributed by atoms with E-state index in [0.717, 1.165) is 54.7 Å². The van der Waals surface area contributed by atoms with Crippen molar-refractivity contribution in [3.63, 3.8) is 0 Å². The highest BCUT2D eigenvalue weighted by Crippen LogP contribution is 2.63. The number of rotatable bonds is 4. The first-order chi connectivity index (χ1) is 15.3. The number of hydrogen-bond donors (Lipinski definition) is 1. The molecule has 7 heteroatoms. The predicted octanol–water partition coefficient (Wildman–Crippen LogP) is 2.89. The van der Waals surface area contributed by atoms with Crippen molar-refractivity contribution in [2.24, 2.45) is 5.92 Å². The first-order valence-electron chi connectivity index (χ1n) is 11.5. The maximum absolute atomic E-state index is 13.4. The molecule has 2 aliphatic heterocycles. The van der Waals surface area contributed by atoms with Crippen molar-refractivity contribution in [3.05, 3.63) is 59.2 Å². The van der Waals surface area contributed by atoms with Crippen molar-refractivity contribution < 1.29 is 18.3 Å². The molecular weight excluding hydrogens is 424 g/mol. The second-order valence-corrected chi connectivity index (χ2v) is 12.1. The van der Waals surface area contributed by atoms with Gasteiger partial charge < -0.3 is 14.7 Å². The number of nitrogens with zero attached hydrogens (tertiary/aromatic N) is 2. The van der Waals surface area contributed by atoms with Gasteiger partial charge >= 0.3 is 0 Å². The van der Waals surface area contributed by atoms with E-state index in [-0.39, 0.29) is 23.3 Å². The molecule has 6 nitrogen and oxygen atoms in total. The van der Waals surface area contributed by atoms with Crippen molar-refractivity contribution in [1.29, 1.82) is 0 Å². The molecule has 6 rings (SSSR count). The highest BCUT2D eigenvalue weighted by molar-refractivity contribution is 7.88. The summed E-state index contributed by atoms with van der Waals surface area (Å²) in [4.78, 5) is 2.43. The maximum atomic E-state index is 13.4. The number of aromatic hydroxyl groups is 1. The minimum atomic E-state index is -3.50. The SMILES string of the molecule is CN1CC[C@@]23c4c5ccc(O)c4C[C@@H]1[C@@H]2CC[C@@H](N(C)S(=O)(=O)Cc1ccccc1)[C@@H]3O5. The van der Waals surface area contributed by atoms with E-state index in [9.17, 15) is 13.5 Å². The third-order valence-corrected chi connectivity index (χ3v) is 10.5. The Morgan fingerprint density at radius 3 is 2.75 bits per heavy atom. The molecule has 1 N–H and O–H groups in total. The van der Waals surface area contributed by atoms with Crippen LogP contribution in [0, 0.1) is 5.92 Å². The molecule has 0 unspecified atom stereocenters. The summed E-state index contributed by atoms with van der Waals surface area (Å²) in [6, 6.07) is 13.1. The van der Waals surface area contributed by atoms with E-state index < -0.39 is 10.0 Å². The first kappa shape index (κ1) is 20.5. The summed E-state index contributed by atoms with van der Waals surface area (Å²) < 4.78 is 35.0. The van der Waals surface area contributed by atoms with Crippen molar-refractivity contribution in [3.8, 4) is 11.5 Å². The van der Waals surface area contributed by atoms with E-state index in [4.69, 9.17) is 4.74 Å². The van der Waals surface area contributed by atoms with Gasteiger partial charge in [0.25, 0.3) is 0 Å². The Kier molecular flexibility index (Phi) is 4.46. The van der Waals surface area contributed by atoms with Crippen LogP contribution in [0.1, 0.15) is 36.0 Å². The second-order valence-electron chi connectivity index (χ2n) is 10.0. The van der Waals surface area contributed by atoms with Gasteiger partial charge in [-0.15, -0.1) is 0 Å². The highest BCUT2D eigenvalue weighted by Gasteiger charge is 2.66. The number of likely N-dealkylation sites (tertiary alicyclic amines) is 1. The van der Waals surface area contributed by atoms with Crippen LogP contribution >= 0.6 is 0 Å². The van der Waals surface area contributed by atoms with Gasteiger partial charge in [0.15, 0.2) is 0 Å². The van der Waals surface area contributed by atoms with E-state index in [1.165, 1.54) is 0 Å². The largest absolute Gasteiger partial charge is 0.508 e. The van der Waals surface area contributed by atoms with Gasteiger partial charge in [0, 0.05) is 29.6 Å². The number of piperidine rings is 1. The molecule has 0 amide bonds. The molecule has 5 atom stereocenters. The standard InChI is InChI=1S/C25H30N2O4S/c1-26-13-12-25-18-8-9-19(27(2)32(29,30)15-16-6-4-3-5-7-16)24(25)31-22-11-10-21(28)17(23(22)25)14-20(18)26/h3-7,10-11,18-20,24,28H,8-9,12-15H2,1-2H3/t18-,19+,20+,24-,25-/m0/s1.